The molecule has 0 radical (unpaired) electrons. The summed E-state index contributed by atoms with van der Waals surface area (Å²) in [6, 6.07) is 2.14. The number of aromatic nitrogens is 2. The first-order valence-corrected chi connectivity index (χ1v) is 10.00. The predicted octanol–water partition coefficient (Wildman–Crippen LogP) is 3.67. The van der Waals surface area contributed by atoms with E-state index < -0.39 is 0 Å². The molecule has 2 aromatic heterocycles. The molecule has 1 unspecified atom stereocenters. The van der Waals surface area contributed by atoms with E-state index in [1.807, 2.05) is 20.8 Å². The zero-order chi connectivity index (χ0) is 17.5. The number of aryl methyl sites for hydroxylation is 1. The van der Waals surface area contributed by atoms with E-state index in [9.17, 15) is 4.79 Å². The van der Waals surface area contributed by atoms with Crippen molar-refractivity contribution in [1.29, 1.82) is 0 Å². The highest BCUT2D eigenvalue weighted by Crippen LogP contribution is 2.32. The molecular formula is C17H25N3O2S2. The third-order valence-electron chi connectivity index (χ3n) is 3.42. The number of ether oxygens (including phenoxy) is 1. The standard InChI is InChI=1S/C17H25N3O2S2/c1-5-13-9-14-16(19-10-20-17(14)24-13)23-12(4)15(21)18-7-6-8-22-11(2)3/h9-12H,5-8H2,1-4H3,(H,18,21). The van der Waals surface area contributed by atoms with Gasteiger partial charge in [0.15, 0.2) is 0 Å². The maximum atomic E-state index is 12.2. The lowest BCUT2D eigenvalue weighted by atomic mass is 10.3. The van der Waals surface area contributed by atoms with Crippen LogP contribution in [0.5, 0.6) is 0 Å². The number of thiophene rings is 1. The number of fused-ring (bicyclic) bond motifs is 1. The van der Waals surface area contributed by atoms with Gasteiger partial charge in [0.25, 0.3) is 0 Å². The Bertz CT molecular complexity index is 673. The van der Waals surface area contributed by atoms with E-state index in [2.05, 4.69) is 28.3 Å². The molecule has 5 nitrogen and oxygen atoms in total. The monoisotopic (exact) mass is 367 g/mol. The number of thioether (sulfide) groups is 1. The van der Waals surface area contributed by atoms with Gasteiger partial charge < -0.3 is 10.1 Å². The van der Waals surface area contributed by atoms with Crippen LogP contribution in [0.1, 0.15) is 39.0 Å². The summed E-state index contributed by atoms with van der Waals surface area (Å²) in [5.74, 6) is 0.0299. The van der Waals surface area contributed by atoms with Gasteiger partial charge in [-0.3, -0.25) is 4.79 Å². The average Bonchev–Trinajstić information content (AvgIpc) is 2.98. The summed E-state index contributed by atoms with van der Waals surface area (Å²) in [7, 11) is 0. The summed E-state index contributed by atoms with van der Waals surface area (Å²) in [5.41, 5.74) is 0. The highest BCUT2D eigenvalue weighted by Gasteiger charge is 2.17. The molecule has 1 N–H and O–H groups in total. The van der Waals surface area contributed by atoms with Gasteiger partial charge in [-0.1, -0.05) is 18.7 Å². The van der Waals surface area contributed by atoms with E-state index in [1.165, 1.54) is 16.6 Å². The molecule has 0 bridgehead atoms. The number of carbonyl (C=O) groups is 1. The highest BCUT2D eigenvalue weighted by molar-refractivity contribution is 8.00. The molecule has 0 spiro atoms. The van der Waals surface area contributed by atoms with Gasteiger partial charge in [0, 0.05) is 23.4 Å². The summed E-state index contributed by atoms with van der Waals surface area (Å²) >= 11 is 3.18. The second-order valence-electron chi connectivity index (χ2n) is 5.79. The van der Waals surface area contributed by atoms with Crippen molar-refractivity contribution in [3.63, 3.8) is 0 Å². The summed E-state index contributed by atoms with van der Waals surface area (Å²) in [6.45, 7) is 9.35. The minimum atomic E-state index is -0.195. The molecule has 2 aromatic rings. The van der Waals surface area contributed by atoms with Gasteiger partial charge in [-0.25, -0.2) is 9.97 Å². The van der Waals surface area contributed by atoms with E-state index >= 15 is 0 Å². The Morgan fingerprint density at radius 3 is 2.88 bits per heavy atom. The van der Waals surface area contributed by atoms with Crippen molar-refractivity contribution >= 4 is 39.2 Å². The zero-order valence-electron chi connectivity index (χ0n) is 14.7. The Kier molecular flexibility index (Phi) is 7.45. The Labute approximate surface area is 151 Å². The number of rotatable bonds is 9. The first-order valence-electron chi connectivity index (χ1n) is 8.30. The number of nitrogens with one attached hydrogen (secondary N) is 1. The smallest absolute Gasteiger partial charge is 0.233 e. The maximum Gasteiger partial charge on any atom is 0.233 e. The van der Waals surface area contributed by atoms with E-state index in [0.29, 0.717) is 13.2 Å². The van der Waals surface area contributed by atoms with Crippen molar-refractivity contribution in [1.82, 2.24) is 15.3 Å². The lowest BCUT2D eigenvalue weighted by Crippen LogP contribution is -2.32. The number of carbonyl (C=O) groups excluding carboxylic acids is 1. The Hall–Kier alpha value is -1.18. The lowest BCUT2D eigenvalue weighted by Gasteiger charge is -2.12. The van der Waals surface area contributed by atoms with Crippen LogP contribution in [-0.4, -0.2) is 40.4 Å². The minimum absolute atomic E-state index is 0.0299. The molecule has 0 aromatic carbocycles. The topological polar surface area (TPSA) is 64.1 Å². The SMILES string of the molecule is CCc1cc2c(SC(C)C(=O)NCCCOC(C)C)ncnc2s1. The van der Waals surface area contributed by atoms with Gasteiger partial charge in [-0.05, 0) is 39.7 Å². The summed E-state index contributed by atoms with van der Waals surface area (Å²) in [5, 5.41) is 4.69. The molecule has 0 aliphatic carbocycles. The molecule has 2 heterocycles. The van der Waals surface area contributed by atoms with Crippen LogP contribution in [-0.2, 0) is 16.0 Å². The summed E-state index contributed by atoms with van der Waals surface area (Å²) in [6.07, 6.45) is 3.62. The lowest BCUT2D eigenvalue weighted by molar-refractivity contribution is -0.120. The van der Waals surface area contributed by atoms with Crippen LogP contribution in [0.4, 0.5) is 0 Å². The van der Waals surface area contributed by atoms with Gasteiger partial charge in [0.1, 0.15) is 16.2 Å². The number of nitrogens with zero attached hydrogens (tertiary/aromatic N) is 2. The first kappa shape index (κ1) is 19.1. The van der Waals surface area contributed by atoms with Crippen molar-refractivity contribution in [2.75, 3.05) is 13.2 Å². The second kappa shape index (κ2) is 9.34. The van der Waals surface area contributed by atoms with E-state index in [0.717, 1.165) is 28.1 Å². The maximum absolute atomic E-state index is 12.2. The minimum Gasteiger partial charge on any atom is -0.379 e. The Balaban J connectivity index is 1.88. The fourth-order valence-corrected chi connectivity index (χ4v) is 4.03. The van der Waals surface area contributed by atoms with Crippen LogP contribution in [0.25, 0.3) is 10.2 Å². The molecule has 0 fully saturated rings. The summed E-state index contributed by atoms with van der Waals surface area (Å²) in [4.78, 5) is 23.2. The fourth-order valence-electron chi connectivity index (χ4n) is 2.12. The molecule has 0 saturated heterocycles. The fraction of sp³-hybridized carbons (Fsp3) is 0.588. The van der Waals surface area contributed by atoms with Crippen molar-refractivity contribution in [2.45, 2.75) is 56.9 Å². The molecule has 2 rings (SSSR count). The molecule has 0 aliphatic heterocycles. The van der Waals surface area contributed by atoms with Gasteiger partial charge in [0.05, 0.1) is 11.4 Å². The number of amides is 1. The third kappa shape index (κ3) is 5.43. The Morgan fingerprint density at radius 2 is 2.17 bits per heavy atom. The molecule has 24 heavy (non-hydrogen) atoms. The van der Waals surface area contributed by atoms with E-state index in [1.54, 1.807) is 17.7 Å². The molecule has 132 valence electrons. The largest absolute Gasteiger partial charge is 0.379 e. The second-order valence-corrected chi connectivity index (χ2v) is 8.23. The van der Waals surface area contributed by atoms with Crippen LogP contribution in [0.3, 0.4) is 0 Å². The molecule has 1 atom stereocenters. The van der Waals surface area contributed by atoms with E-state index in [-0.39, 0.29) is 17.3 Å². The molecule has 1 amide bonds. The van der Waals surface area contributed by atoms with Crippen molar-refractivity contribution in [3.8, 4) is 0 Å². The predicted molar refractivity (Wildman–Crippen MR) is 101 cm³/mol. The van der Waals surface area contributed by atoms with Crippen LogP contribution in [0, 0.1) is 0 Å². The zero-order valence-corrected chi connectivity index (χ0v) is 16.3. The van der Waals surface area contributed by atoms with Gasteiger partial charge in [-0.15, -0.1) is 11.3 Å². The van der Waals surface area contributed by atoms with Crippen LogP contribution in [0.15, 0.2) is 17.4 Å². The quantitative estimate of drug-likeness (QED) is 0.416. The van der Waals surface area contributed by atoms with E-state index in [4.69, 9.17) is 4.74 Å². The summed E-state index contributed by atoms with van der Waals surface area (Å²) < 4.78 is 5.47. The van der Waals surface area contributed by atoms with Gasteiger partial charge >= 0.3 is 0 Å². The normalized spacial score (nSPS) is 12.7. The van der Waals surface area contributed by atoms with Crippen molar-refractivity contribution < 1.29 is 9.53 Å². The van der Waals surface area contributed by atoms with Gasteiger partial charge in [0.2, 0.25) is 5.91 Å². The molecule has 0 saturated carbocycles. The van der Waals surface area contributed by atoms with Gasteiger partial charge in [-0.2, -0.15) is 0 Å². The van der Waals surface area contributed by atoms with Crippen LogP contribution < -0.4 is 5.32 Å². The van der Waals surface area contributed by atoms with Crippen molar-refractivity contribution in [2.24, 2.45) is 0 Å². The third-order valence-corrected chi connectivity index (χ3v) is 5.73. The average molecular weight is 368 g/mol. The van der Waals surface area contributed by atoms with Crippen molar-refractivity contribution in [3.05, 3.63) is 17.3 Å². The number of hydrogen-bond acceptors (Lipinski definition) is 6. The molecular weight excluding hydrogens is 342 g/mol. The van der Waals surface area contributed by atoms with Crippen LogP contribution >= 0.6 is 23.1 Å². The first-order chi connectivity index (χ1) is 11.5. The molecule has 0 aliphatic rings. The highest BCUT2D eigenvalue weighted by atomic mass is 32.2. The Morgan fingerprint density at radius 1 is 1.38 bits per heavy atom. The number of hydrogen-bond donors (Lipinski definition) is 1. The molecule has 7 heteroatoms. The van der Waals surface area contributed by atoms with Crippen LogP contribution in [0.2, 0.25) is 0 Å².